The molecule has 1 saturated heterocycles. The van der Waals surface area contributed by atoms with Gasteiger partial charge in [0.15, 0.2) is 0 Å². The van der Waals surface area contributed by atoms with Crippen molar-refractivity contribution in [2.45, 2.75) is 63.4 Å². The normalized spacial score (nSPS) is 18.5. The van der Waals surface area contributed by atoms with Crippen LogP contribution in [-0.4, -0.2) is 56.7 Å². The highest BCUT2D eigenvalue weighted by molar-refractivity contribution is 5.91. The van der Waals surface area contributed by atoms with E-state index >= 15 is 0 Å². The molecule has 3 aromatic rings. The van der Waals surface area contributed by atoms with Crippen LogP contribution in [0.3, 0.4) is 0 Å². The average molecular weight is 503 g/mol. The molecule has 0 spiro atoms. The standard InChI is InChI=1S/C25H29F3N6O2/c26-16-5-7-20-21(12-16)34(19-8-10-32(11-9-19)18-2-1-3-18)25(35)33(20)14-17-6-4-15(13-31-17)23(29)36-24(30)22(27)28/h4-7,12-13,18-19,22,24,29H,1-3,8-11,14,30H2. The van der Waals surface area contributed by atoms with Crippen molar-refractivity contribution >= 4 is 16.9 Å². The van der Waals surface area contributed by atoms with E-state index in [9.17, 15) is 18.0 Å². The molecule has 1 aromatic carbocycles. The van der Waals surface area contributed by atoms with E-state index in [0.717, 1.165) is 25.9 Å². The summed E-state index contributed by atoms with van der Waals surface area (Å²) in [6.45, 7) is 1.99. The smallest absolute Gasteiger partial charge is 0.329 e. The van der Waals surface area contributed by atoms with Crippen LogP contribution in [0, 0.1) is 11.2 Å². The number of hydrogen-bond donors (Lipinski definition) is 2. The number of aromatic nitrogens is 3. The third-order valence-electron chi connectivity index (χ3n) is 7.29. The fraction of sp³-hybridized carbons (Fsp3) is 0.480. The van der Waals surface area contributed by atoms with Gasteiger partial charge in [-0.05, 0) is 56.0 Å². The zero-order valence-electron chi connectivity index (χ0n) is 19.7. The quantitative estimate of drug-likeness (QED) is 0.293. The maximum absolute atomic E-state index is 14.2. The second kappa shape index (κ2) is 10.1. The maximum Gasteiger partial charge on any atom is 0.329 e. The number of imidazole rings is 1. The highest BCUT2D eigenvalue weighted by Crippen LogP contribution is 2.32. The molecule has 8 nitrogen and oxygen atoms in total. The van der Waals surface area contributed by atoms with E-state index in [4.69, 9.17) is 15.9 Å². The Hall–Kier alpha value is -3.18. The summed E-state index contributed by atoms with van der Waals surface area (Å²) in [5.41, 5.74) is 6.83. The van der Waals surface area contributed by atoms with E-state index in [1.165, 1.54) is 43.7 Å². The SMILES string of the molecule is N=C(OC(N)C(F)F)c1ccc(Cn2c(=O)n(C3CCN(C4CCC4)CC3)c3cc(F)ccc32)nc1. The lowest BCUT2D eigenvalue weighted by Crippen LogP contribution is -2.46. The number of alkyl halides is 2. The third kappa shape index (κ3) is 4.77. The topological polar surface area (TPSA) is 102 Å². The number of benzene rings is 1. The van der Waals surface area contributed by atoms with Crippen LogP contribution in [0.5, 0.6) is 0 Å². The molecule has 1 saturated carbocycles. The van der Waals surface area contributed by atoms with Crippen LogP contribution in [0.1, 0.15) is 49.4 Å². The minimum absolute atomic E-state index is 0.00798. The first-order valence-electron chi connectivity index (χ1n) is 12.2. The Morgan fingerprint density at radius 2 is 1.86 bits per heavy atom. The van der Waals surface area contributed by atoms with Crippen molar-refractivity contribution in [3.63, 3.8) is 0 Å². The first kappa shape index (κ1) is 24.5. The van der Waals surface area contributed by atoms with Crippen molar-refractivity contribution in [1.29, 1.82) is 5.41 Å². The largest absolute Gasteiger partial charge is 0.452 e. The molecule has 1 atom stereocenters. The van der Waals surface area contributed by atoms with Crippen LogP contribution in [-0.2, 0) is 11.3 Å². The molecule has 5 rings (SSSR count). The van der Waals surface area contributed by atoms with Crippen molar-refractivity contribution in [3.05, 3.63) is 64.1 Å². The minimum atomic E-state index is -2.92. The number of halogens is 3. The number of nitrogens with zero attached hydrogens (tertiary/aromatic N) is 4. The number of nitrogens with two attached hydrogens (primary N) is 1. The van der Waals surface area contributed by atoms with E-state index in [1.54, 1.807) is 21.3 Å². The van der Waals surface area contributed by atoms with Gasteiger partial charge in [0, 0.05) is 31.4 Å². The number of likely N-dealkylation sites (tertiary alicyclic amines) is 1. The summed E-state index contributed by atoms with van der Waals surface area (Å²) in [5.74, 6) is -0.914. The predicted molar refractivity (Wildman–Crippen MR) is 129 cm³/mol. The number of rotatable bonds is 7. The van der Waals surface area contributed by atoms with E-state index in [1.807, 2.05) is 0 Å². The van der Waals surface area contributed by atoms with Gasteiger partial charge in [-0.1, -0.05) is 6.42 Å². The third-order valence-corrected chi connectivity index (χ3v) is 7.29. The van der Waals surface area contributed by atoms with Gasteiger partial charge in [-0.3, -0.25) is 25.3 Å². The molecule has 0 radical (unpaired) electrons. The van der Waals surface area contributed by atoms with Gasteiger partial charge < -0.3 is 9.64 Å². The molecule has 3 heterocycles. The molecule has 1 aliphatic carbocycles. The van der Waals surface area contributed by atoms with Gasteiger partial charge in [-0.25, -0.2) is 18.0 Å². The summed E-state index contributed by atoms with van der Waals surface area (Å²) in [5, 5.41) is 7.81. The summed E-state index contributed by atoms with van der Waals surface area (Å²) in [4.78, 5) is 20.4. The van der Waals surface area contributed by atoms with Crippen molar-refractivity contribution < 1.29 is 17.9 Å². The number of ether oxygens (including phenoxy) is 1. The molecule has 0 bridgehead atoms. The van der Waals surface area contributed by atoms with Crippen LogP contribution >= 0.6 is 0 Å². The van der Waals surface area contributed by atoms with Gasteiger partial charge in [0.2, 0.25) is 12.1 Å². The summed E-state index contributed by atoms with van der Waals surface area (Å²) in [6.07, 6.45) is 1.93. The summed E-state index contributed by atoms with van der Waals surface area (Å²) < 4.78 is 47.4. The van der Waals surface area contributed by atoms with Gasteiger partial charge in [-0.15, -0.1) is 0 Å². The van der Waals surface area contributed by atoms with Crippen molar-refractivity contribution in [2.75, 3.05) is 13.1 Å². The van der Waals surface area contributed by atoms with Crippen LogP contribution in [0.15, 0.2) is 41.3 Å². The minimum Gasteiger partial charge on any atom is -0.452 e. The molecule has 2 fully saturated rings. The Morgan fingerprint density at radius 3 is 2.47 bits per heavy atom. The van der Waals surface area contributed by atoms with Crippen molar-refractivity contribution in [3.8, 4) is 0 Å². The Bertz CT molecular complexity index is 1290. The molecule has 0 amide bonds. The Morgan fingerprint density at radius 1 is 1.11 bits per heavy atom. The molecular weight excluding hydrogens is 473 g/mol. The van der Waals surface area contributed by atoms with Gasteiger partial charge in [0.25, 0.3) is 6.43 Å². The fourth-order valence-corrected chi connectivity index (χ4v) is 5.09. The van der Waals surface area contributed by atoms with Gasteiger partial charge >= 0.3 is 5.69 Å². The van der Waals surface area contributed by atoms with Crippen molar-refractivity contribution in [1.82, 2.24) is 19.0 Å². The molecule has 3 N–H and O–H groups in total. The average Bonchev–Trinajstić information content (AvgIpc) is 3.09. The molecule has 1 unspecified atom stereocenters. The van der Waals surface area contributed by atoms with E-state index in [2.05, 4.69) is 9.88 Å². The lowest BCUT2D eigenvalue weighted by atomic mass is 9.89. The van der Waals surface area contributed by atoms with Gasteiger partial charge in [0.05, 0.1) is 28.8 Å². The first-order chi connectivity index (χ1) is 17.3. The second-order valence-electron chi connectivity index (χ2n) is 9.51. The number of fused-ring (bicyclic) bond motifs is 1. The lowest BCUT2D eigenvalue weighted by Gasteiger charge is -2.42. The monoisotopic (exact) mass is 502 g/mol. The fourth-order valence-electron chi connectivity index (χ4n) is 5.09. The van der Waals surface area contributed by atoms with E-state index in [0.29, 0.717) is 22.8 Å². The van der Waals surface area contributed by atoms with Crippen LogP contribution in [0.2, 0.25) is 0 Å². The maximum atomic E-state index is 14.2. The first-order valence-corrected chi connectivity index (χ1v) is 12.2. The van der Waals surface area contributed by atoms with Crippen molar-refractivity contribution in [2.24, 2.45) is 5.73 Å². The molecule has 11 heteroatoms. The van der Waals surface area contributed by atoms with Crippen LogP contribution < -0.4 is 11.4 Å². The Balaban J connectivity index is 1.38. The number of hydrogen-bond acceptors (Lipinski definition) is 6. The summed E-state index contributed by atoms with van der Waals surface area (Å²) in [7, 11) is 0. The molecule has 36 heavy (non-hydrogen) atoms. The molecule has 2 aromatic heterocycles. The Labute approximate surface area is 206 Å². The molecule has 1 aliphatic heterocycles. The van der Waals surface area contributed by atoms with Gasteiger partial charge in [0.1, 0.15) is 5.82 Å². The number of piperidine rings is 1. The zero-order chi connectivity index (χ0) is 25.4. The number of nitrogens with one attached hydrogen (secondary N) is 1. The highest BCUT2D eigenvalue weighted by atomic mass is 19.3. The van der Waals surface area contributed by atoms with Crippen LogP contribution in [0.25, 0.3) is 11.0 Å². The predicted octanol–water partition coefficient (Wildman–Crippen LogP) is 3.47. The van der Waals surface area contributed by atoms with E-state index < -0.39 is 24.4 Å². The molecular formula is C25H29F3N6O2. The number of pyridine rings is 1. The summed E-state index contributed by atoms with van der Waals surface area (Å²) in [6, 6.07) is 8.10. The lowest BCUT2D eigenvalue weighted by molar-refractivity contribution is 0.00820. The van der Waals surface area contributed by atoms with Gasteiger partial charge in [-0.2, -0.15) is 0 Å². The molecule has 2 aliphatic rings. The van der Waals surface area contributed by atoms with E-state index in [-0.39, 0.29) is 23.8 Å². The highest BCUT2D eigenvalue weighted by Gasteiger charge is 2.31. The summed E-state index contributed by atoms with van der Waals surface area (Å²) >= 11 is 0. The second-order valence-corrected chi connectivity index (χ2v) is 9.51. The molecule has 192 valence electrons. The van der Waals surface area contributed by atoms with Crippen LogP contribution in [0.4, 0.5) is 13.2 Å². The zero-order valence-corrected chi connectivity index (χ0v) is 19.7. The Kier molecular flexibility index (Phi) is 6.85.